The first-order chi connectivity index (χ1) is 9.17. The van der Waals surface area contributed by atoms with Crippen molar-refractivity contribution in [1.29, 1.82) is 0 Å². The van der Waals surface area contributed by atoms with E-state index < -0.39 is 18.1 Å². The molecule has 19 heavy (non-hydrogen) atoms. The zero-order chi connectivity index (χ0) is 14.1. The molecule has 0 bridgehead atoms. The number of esters is 1. The number of nitrogens with one attached hydrogen (secondary N) is 1. The molecule has 0 fully saturated rings. The van der Waals surface area contributed by atoms with Crippen molar-refractivity contribution in [2.75, 3.05) is 19.0 Å². The SMILES string of the molecule is COC(=O)C(CBr)NC(=O)OCCc1ccccc1. The van der Waals surface area contributed by atoms with Crippen LogP contribution in [0.15, 0.2) is 30.3 Å². The van der Waals surface area contributed by atoms with Crippen molar-refractivity contribution in [2.45, 2.75) is 12.5 Å². The monoisotopic (exact) mass is 329 g/mol. The molecule has 0 aliphatic carbocycles. The molecule has 5 nitrogen and oxygen atoms in total. The molecular formula is C13H16BrNO4. The summed E-state index contributed by atoms with van der Waals surface area (Å²) in [7, 11) is 1.26. The number of carbonyl (C=O) groups excluding carboxylic acids is 2. The molecule has 1 aromatic rings. The van der Waals surface area contributed by atoms with Crippen LogP contribution in [0.2, 0.25) is 0 Å². The molecule has 0 heterocycles. The highest BCUT2D eigenvalue weighted by molar-refractivity contribution is 9.09. The first-order valence-electron chi connectivity index (χ1n) is 5.78. The molecular weight excluding hydrogens is 314 g/mol. The molecule has 1 aromatic carbocycles. The summed E-state index contributed by atoms with van der Waals surface area (Å²) in [5, 5.41) is 2.69. The highest BCUT2D eigenvalue weighted by Gasteiger charge is 2.20. The molecule has 0 aliphatic rings. The van der Waals surface area contributed by atoms with Gasteiger partial charge >= 0.3 is 12.1 Å². The largest absolute Gasteiger partial charge is 0.467 e. The van der Waals surface area contributed by atoms with Gasteiger partial charge in [-0.05, 0) is 5.56 Å². The average Bonchev–Trinajstić information content (AvgIpc) is 2.45. The predicted octanol–water partition coefficient (Wildman–Crippen LogP) is 1.89. The van der Waals surface area contributed by atoms with E-state index in [-0.39, 0.29) is 11.9 Å². The summed E-state index contributed by atoms with van der Waals surface area (Å²) < 4.78 is 9.53. The van der Waals surface area contributed by atoms with Crippen molar-refractivity contribution >= 4 is 28.0 Å². The van der Waals surface area contributed by atoms with E-state index in [2.05, 4.69) is 26.0 Å². The highest BCUT2D eigenvalue weighted by atomic mass is 79.9. The van der Waals surface area contributed by atoms with E-state index in [1.807, 2.05) is 30.3 Å². The van der Waals surface area contributed by atoms with Crippen LogP contribution in [-0.4, -0.2) is 37.2 Å². The first kappa shape index (κ1) is 15.5. The predicted molar refractivity (Wildman–Crippen MR) is 74.2 cm³/mol. The van der Waals surface area contributed by atoms with E-state index in [1.165, 1.54) is 7.11 Å². The molecule has 1 atom stereocenters. The smallest absolute Gasteiger partial charge is 0.407 e. The third-order valence-electron chi connectivity index (χ3n) is 2.40. The van der Waals surface area contributed by atoms with Gasteiger partial charge in [0.15, 0.2) is 0 Å². The Labute approximate surface area is 120 Å². The van der Waals surface area contributed by atoms with Crippen LogP contribution in [0.25, 0.3) is 0 Å². The molecule has 1 rings (SSSR count). The van der Waals surface area contributed by atoms with Crippen LogP contribution in [0.4, 0.5) is 4.79 Å². The maximum Gasteiger partial charge on any atom is 0.407 e. The Bertz CT molecular complexity index is 410. The third kappa shape index (κ3) is 5.74. The Morgan fingerprint density at radius 1 is 1.32 bits per heavy atom. The van der Waals surface area contributed by atoms with Crippen molar-refractivity contribution in [2.24, 2.45) is 0 Å². The minimum atomic E-state index is -0.741. The first-order valence-corrected chi connectivity index (χ1v) is 6.90. The molecule has 1 amide bonds. The second-order valence-electron chi connectivity index (χ2n) is 3.75. The van der Waals surface area contributed by atoms with Gasteiger partial charge in [0.25, 0.3) is 0 Å². The number of ether oxygens (including phenoxy) is 2. The lowest BCUT2D eigenvalue weighted by atomic mass is 10.2. The Morgan fingerprint density at radius 2 is 2.00 bits per heavy atom. The van der Waals surface area contributed by atoms with Gasteiger partial charge in [0.2, 0.25) is 0 Å². The van der Waals surface area contributed by atoms with Crippen molar-refractivity contribution in [1.82, 2.24) is 5.32 Å². The van der Waals surface area contributed by atoms with E-state index in [1.54, 1.807) is 0 Å². The van der Waals surface area contributed by atoms with E-state index >= 15 is 0 Å². The Morgan fingerprint density at radius 3 is 2.58 bits per heavy atom. The Hall–Kier alpha value is -1.56. The fraction of sp³-hybridized carbons (Fsp3) is 0.385. The van der Waals surface area contributed by atoms with Crippen LogP contribution in [0, 0.1) is 0 Å². The Balaban J connectivity index is 2.29. The van der Waals surface area contributed by atoms with Gasteiger partial charge in [0.05, 0.1) is 13.7 Å². The molecule has 1 N–H and O–H groups in total. The van der Waals surface area contributed by atoms with Crippen LogP contribution in [0.5, 0.6) is 0 Å². The maximum absolute atomic E-state index is 11.5. The highest BCUT2D eigenvalue weighted by Crippen LogP contribution is 2.00. The minimum absolute atomic E-state index is 0.256. The van der Waals surface area contributed by atoms with Gasteiger partial charge < -0.3 is 14.8 Å². The van der Waals surface area contributed by atoms with Crippen LogP contribution >= 0.6 is 15.9 Å². The van der Waals surface area contributed by atoms with Gasteiger partial charge in [0, 0.05) is 11.8 Å². The topological polar surface area (TPSA) is 64.6 Å². The summed E-state index contributed by atoms with van der Waals surface area (Å²) in [5.41, 5.74) is 1.08. The summed E-state index contributed by atoms with van der Waals surface area (Å²) in [6, 6.07) is 8.94. The maximum atomic E-state index is 11.5. The fourth-order valence-corrected chi connectivity index (χ4v) is 1.82. The number of rotatable bonds is 6. The second kappa shape index (κ2) is 8.53. The summed E-state index contributed by atoms with van der Waals surface area (Å²) in [6.07, 6.45) is -0.00312. The van der Waals surface area contributed by atoms with E-state index in [4.69, 9.17) is 4.74 Å². The van der Waals surface area contributed by atoms with Crippen molar-refractivity contribution in [3.63, 3.8) is 0 Å². The fourth-order valence-electron chi connectivity index (χ4n) is 1.39. The van der Waals surface area contributed by atoms with E-state index in [9.17, 15) is 9.59 Å². The zero-order valence-electron chi connectivity index (χ0n) is 10.6. The van der Waals surface area contributed by atoms with Crippen molar-refractivity contribution in [3.8, 4) is 0 Å². The quantitative estimate of drug-likeness (QED) is 0.639. The van der Waals surface area contributed by atoms with Crippen LogP contribution < -0.4 is 5.32 Å². The zero-order valence-corrected chi connectivity index (χ0v) is 12.2. The van der Waals surface area contributed by atoms with Gasteiger partial charge in [-0.2, -0.15) is 0 Å². The lowest BCUT2D eigenvalue weighted by molar-refractivity contribution is -0.142. The molecule has 0 radical (unpaired) electrons. The lowest BCUT2D eigenvalue weighted by Gasteiger charge is -2.13. The van der Waals surface area contributed by atoms with Gasteiger partial charge in [-0.3, -0.25) is 0 Å². The second-order valence-corrected chi connectivity index (χ2v) is 4.39. The van der Waals surface area contributed by atoms with Gasteiger partial charge in [-0.15, -0.1) is 0 Å². The summed E-state index contributed by atoms with van der Waals surface area (Å²) >= 11 is 3.12. The molecule has 1 unspecified atom stereocenters. The molecule has 0 saturated heterocycles. The van der Waals surface area contributed by atoms with Crippen LogP contribution in [-0.2, 0) is 20.7 Å². The molecule has 0 spiro atoms. The number of benzene rings is 1. The molecule has 104 valence electrons. The molecule has 0 aliphatic heterocycles. The standard InChI is InChI=1S/C13H16BrNO4/c1-18-12(16)11(9-14)15-13(17)19-8-7-10-5-3-2-4-6-10/h2-6,11H,7-9H2,1H3,(H,15,17). The number of halogens is 1. The normalized spacial score (nSPS) is 11.5. The number of methoxy groups -OCH3 is 1. The number of amides is 1. The number of hydrogen-bond donors (Lipinski definition) is 1. The number of alkyl halides is 1. The van der Waals surface area contributed by atoms with Crippen molar-refractivity contribution in [3.05, 3.63) is 35.9 Å². The van der Waals surface area contributed by atoms with E-state index in [0.29, 0.717) is 6.42 Å². The number of carbonyl (C=O) groups is 2. The number of alkyl carbamates (subject to hydrolysis) is 1. The molecule has 6 heteroatoms. The summed E-state index contributed by atoms with van der Waals surface area (Å²) in [4.78, 5) is 22.7. The van der Waals surface area contributed by atoms with Gasteiger partial charge in [-0.25, -0.2) is 9.59 Å². The number of hydrogen-bond acceptors (Lipinski definition) is 4. The summed E-state index contributed by atoms with van der Waals surface area (Å²) in [5.74, 6) is -0.517. The van der Waals surface area contributed by atoms with Crippen LogP contribution in [0.3, 0.4) is 0 Å². The van der Waals surface area contributed by atoms with Gasteiger partial charge in [0.1, 0.15) is 6.04 Å². The van der Waals surface area contributed by atoms with Crippen molar-refractivity contribution < 1.29 is 19.1 Å². The van der Waals surface area contributed by atoms with Gasteiger partial charge in [-0.1, -0.05) is 46.3 Å². The lowest BCUT2D eigenvalue weighted by Crippen LogP contribution is -2.43. The molecule has 0 aromatic heterocycles. The van der Waals surface area contributed by atoms with Crippen LogP contribution in [0.1, 0.15) is 5.56 Å². The average molecular weight is 330 g/mol. The minimum Gasteiger partial charge on any atom is -0.467 e. The van der Waals surface area contributed by atoms with E-state index in [0.717, 1.165) is 5.56 Å². The Kier molecular flexibility index (Phi) is 6.95. The molecule has 0 saturated carbocycles. The summed E-state index contributed by atoms with van der Waals surface area (Å²) in [6.45, 7) is 0.256. The third-order valence-corrected chi connectivity index (χ3v) is 3.05.